The molecule has 3 rings (SSSR count). The first-order chi connectivity index (χ1) is 16.1. The van der Waals surface area contributed by atoms with Crippen LogP contribution in [-0.2, 0) is 19.1 Å². The summed E-state index contributed by atoms with van der Waals surface area (Å²) in [4.78, 5) is 37.8. The lowest BCUT2D eigenvalue weighted by molar-refractivity contribution is -0.386. The largest absolute Gasteiger partial charge is 0.500 e. The number of aromatic hydroxyl groups is 1. The molecule has 1 aliphatic heterocycles. The zero-order valence-corrected chi connectivity index (χ0v) is 19.5. The molecule has 0 saturated carbocycles. The second-order valence-electron chi connectivity index (χ2n) is 7.27. The smallest absolute Gasteiger partial charge is 0.336 e. The molecule has 0 unspecified atom stereocenters. The normalized spacial score (nSPS) is 13.6. The van der Waals surface area contributed by atoms with E-state index in [-0.39, 0.29) is 22.5 Å². The average Bonchev–Trinajstić information content (AvgIpc) is 2.83. The highest BCUT2D eigenvalue weighted by atomic mass is 35.5. The van der Waals surface area contributed by atoms with Crippen LogP contribution in [0.4, 0.5) is 11.4 Å². The van der Waals surface area contributed by atoms with Gasteiger partial charge in [-0.15, -0.1) is 0 Å². The number of nitro benzene ring substituents is 1. The van der Waals surface area contributed by atoms with Gasteiger partial charge < -0.3 is 24.2 Å². The number of methoxy groups -OCH3 is 3. The fraction of sp³-hybridized carbons (Fsp3) is 0.217. The molecule has 0 amide bonds. The van der Waals surface area contributed by atoms with E-state index in [9.17, 15) is 24.8 Å². The van der Waals surface area contributed by atoms with Crippen LogP contribution in [0, 0.1) is 17.0 Å². The van der Waals surface area contributed by atoms with Crippen molar-refractivity contribution in [2.45, 2.75) is 12.8 Å². The van der Waals surface area contributed by atoms with E-state index < -0.39 is 34.2 Å². The van der Waals surface area contributed by atoms with E-state index in [0.29, 0.717) is 10.7 Å². The van der Waals surface area contributed by atoms with E-state index in [2.05, 4.69) is 0 Å². The molecule has 2 aromatic carbocycles. The number of anilines is 1. The Kier molecular flexibility index (Phi) is 7.11. The summed E-state index contributed by atoms with van der Waals surface area (Å²) in [5.41, 5.74) is 0.837. The van der Waals surface area contributed by atoms with E-state index in [4.69, 9.17) is 25.8 Å². The molecule has 34 heavy (non-hydrogen) atoms. The molecular formula is C23H21ClN2O8. The summed E-state index contributed by atoms with van der Waals surface area (Å²) >= 11 is 6.25. The van der Waals surface area contributed by atoms with Crippen molar-refractivity contribution in [1.82, 2.24) is 0 Å². The van der Waals surface area contributed by atoms with Gasteiger partial charge in [-0.25, -0.2) is 9.59 Å². The van der Waals surface area contributed by atoms with Crippen LogP contribution in [0.15, 0.2) is 53.9 Å². The molecule has 0 spiro atoms. The number of carbonyl (C=O) groups excluding carboxylic acids is 2. The first-order valence-electron chi connectivity index (χ1n) is 9.82. The van der Waals surface area contributed by atoms with Crippen molar-refractivity contribution in [3.63, 3.8) is 0 Å². The molecule has 1 N–H and O–H groups in total. The lowest BCUT2D eigenvalue weighted by Gasteiger charge is -2.30. The van der Waals surface area contributed by atoms with E-state index in [1.165, 1.54) is 44.7 Å². The monoisotopic (exact) mass is 488 g/mol. The molecular weight excluding hydrogens is 468 g/mol. The Bertz CT molecular complexity index is 1200. The standard InChI is InChI=1S/C23H21ClN2O8/c1-12-5-6-14(9-17(12)24)25-10-15(22(28)33-3)20(16(11-25)23(29)34-4)13-7-18(26(30)31)21(27)19(8-13)32-2/h5-11,20,27H,1-4H3. The number of aryl methyl sites for hydroxylation is 1. The Labute approximate surface area is 199 Å². The lowest BCUT2D eigenvalue weighted by atomic mass is 9.82. The molecule has 11 heteroatoms. The molecule has 0 aromatic heterocycles. The van der Waals surface area contributed by atoms with Crippen LogP contribution < -0.4 is 9.64 Å². The fourth-order valence-electron chi connectivity index (χ4n) is 3.56. The van der Waals surface area contributed by atoms with Gasteiger partial charge in [-0.2, -0.15) is 0 Å². The molecule has 1 aliphatic rings. The Morgan fingerprint density at radius 2 is 1.65 bits per heavy atom. The number of esters is 2. The van der Waals surface area contributed by atoms with Gasteiger partial charge in [-0.05, 0) is 36.2 Å². The molecule has 178 valence electrons. The van der Waals surface area contributed by atoms with Crippen LogP contribution in [-0.4, -0.2) is 43.3 Å². The minimum absolute atomic E-state index is 0.0101. The Hall–Kier alpha value is -4.05. The zero-order chi connectivity index (χ0) is 25.2. The van der Waals surface area contributed by atoms with Crippen molar-refractivity contribution in [2.24, 2.45) is 0 Å². The number of phenols is 1. The number of nitrogens with zero attached hydrogens (tertiary/aromatic N) is 2. The first kappa shape index (κ1) is 24.6. The van der Waals surface area contributed by atoms with Crippen molar-refractivity contribution in [3.05, 3.63) is 80.1 Å². The topological polar surface area (TPSA) is 128 Å². The zero-order valence-electron chi connectivity index (χ0n) is 18.7. The minimum Gasteiger partial charge on any atom is -0.500 e. The van der Waals surface area contributed by atoms with Gasteiger partial charge in [0.2, 0.25) is 5.75 Å². The second-order valence-corrected chi connectivity index (χ2v) is 7.68. The highest BCUT2D eigenvalue weighted by Gasteiger charge is 2.37. The number of nitro groups is 1. The second kappa shape index (κ2) is 9.84. The molecule has 1 heterocycles. The van der Waals surface area contributed by atoms with Crippen molar-refractivity contribution in [1.29, 1.82) is 0 Å². The molecule has 0 aliphatic carbocycles. The summed E-state index contributed by atoms with van der Waals surface area (Å²) in [6, 6.07) is 7.54. The van der Waals surface area contributed by atoms with E-state index >= 15 is 0 Å². The van der Waals surface area contributed by atoms with Gasteiger partial charge >= 0.3 is 17.6 Å². The van der Waals surface area contributed by atoms with Crippen LogP contribution in [0.5, 0.6) is 11.5 Å². The number of halogens is 1. The maximum atomic E-state index is 12.8. The summed E-state index contributed by atoms with van der Waals surface area (Å²) in [6.07, 6.45) is 2.88. The van der Waals surface area contributed by atoms with Gasteiger partial charge in [0, 0.05) is 29.2 Å². The van der Waals surface area contributed by atoms with Crippen LogP contribution in [0.2, 0.25) is 5.02 Å². The van der Waals surface area contributed by atoms with Gasteiger partial charge in [0.1, 0.15) is 0 Å². The maximum Gasteiger partial charge on any atom is 0.336 e. The lowest BCUT2D eigenvalue weighted by Crippen LogP contribution is -2.28. The highest BCUT2D eigenvalue weighted by molar-refractivity contribution is 6.31. The predicted molar refractivity (Wildman–Crippen MR) is 123 cm³/mol. The fourth-order valence-corrected chi connectivity index (χ4v) is 3.73. The van der Waals surface area contributed by atoms with Crippen LogP contribution in [0.1, 0.15) is 17.0 Å². The van der Waals surface area contributed by atoms with E-state index in [1.54, 1.807) is 18.2 Å². The molecule has 2 aromatic rings. The SMILES string of the molecule is COC(=O)C1=CN(c2ccc(C)c(Cl)c2)C=C(C(=O)OC)C1c1cc(OC)c(O)c([N+](=O)[O-])c1. The summed E-state index contributed by atoms with van der Waals surface area (Å²) in [5, 5.41) is 22.2. The molecule has 0 bridgehead atoms. The molecule has 0 saturated heterocycles. The van der Waals surface area contributed by atoms with Crippen LogP contribution >= 0.6 is 11.6 Å². The summed E-state index contributed by atoms with van der Waals surface area (Å²) < 4.78 is 14.9. The van der Waals surface area contributed by atoms with Crippen molar-refractivity contribution < 1.29 is 33.8 Å². The average molecular weight is 489 g/mol. The Morgan fingerprint density at radius 3 is 2.12 bits per heavy atom. The number of ether oxygens (including phenoxy) is 3. The molecule has 0 atom stereocenters. The third kappa shape index (κ3) is 4.53. The van der Waals surface area contributed by atoms with Crippen molar-refractivity contribution in [2.75, 3.05) is 26.2 Å². The van der Waals surface area contributed by atoms with E-state index in [0.717, 1.165) is 11.6 Å². The van der Waals surface area contributed by atoms with Crippen molar-refractivity contribution >= 4 is 34.9 Å². The van der Waals surface area contributed by atoms with Gasteiger partial charge in [0.15, 0.2) is 5.75 Å². The predicted octanol–water partition coefficient (Wildman–Crippen LogP) is 3.99. The Morgan fingerprint density at radius 1 is 1.06 bits per heavy atom. The van der Waals surface area contributed by atoms with E-state index in [1.807, 2.05) is 6.92 Å². The molecule has 0 radical (unpaired) electrons. The van der Waals surface area contributed by atoms with Gasteiger partial charge in [0.05, 0.1) is 43.3 Å². The maximum absolute atomic E-state index is 12.8. The van der Waals surface area contributed by atoms with Gasteiger partial charge in [0.25, 0.3) is 0 Å². The summed E-state index contributed by atoms with van der Waals surface area (Å²) in [6.45, 7) is 1.83. The molecule has 10 nitrogen and oxygen atoms in total. The van der Waals surface area contributed by atoms with Gasteiger partial charge in [-0.1, -0.05) is 17.7 Å². The number of hydrogen-bond donors (Lipinski definition) is 1. The van der Waals surface area contributed by atoms with Gasteiger partial charge in [-0.3, -0.25) is 10.1 Å². The number of phenolic OH excluding ortho intramolecular Hbond substituents is 1. The Balaban J connectivity index is 2.29. The third-order valence-corrected chi connectivity index (χ3v) is 5.71. The first-order valence-corrected chi connectivity index (χ1v) is 10.2. The number of benzene rings is 2. The minimum atomic E-state index is -1.12. The number of rotatable bonds is 6. The van der Waals surface area contributed by atoms with Crippen molar-refractivity contribution in [3.8, 4) is 11.5 Å². The third-order valence-electron chi connectivity index (χ3n) is 5.30. The highest BCUT2D eigenvalue weighted by Crippen LogP contribution is 2.44. The van der Waals surface area contributed by atoms with Crippen LogP contribution in [0.25, 0.3) is 0 Å². The summed E-state index contributed by atoms with van der Waals surface area (Å²) in [5.74, 6) is -3.57. The summed E-state index contributed by atoms with van der Waals surface area (Å²) in [7, 11) is 3.56. The van der Waals surface area contributed by atoms with Crippen LogP contribution in [0.3, 0.4) is 0 Å². The molecule has 0 fully saturated rings. The number of hydrogen-bond acceptors (Lipinski definition) is 9. The number of carbonyl (C=O) groups is 2. The quantitative estimate of drug-likeness (QED) is 0.364.